The van der Waals surface area contributed by atoms with Gasteiger partial charge < -0.3 is 15.3 Å². The van der Waals surface area contributed by atoms with Crippen molar-refractivity contribution in [3.8, 4) is 0 Å². The Bertz CT molecular complexity index is 333. The fourth-order valence-electron chi connectivity index (χ4n) is 3.28. The first-order chi connectivity index (χ1) is 9.40. The van der Waals surface area contributed by atoms with Gasteiger partial charge in [-0.15, -0.1) is 0 Å². The quantitative estimate of drug-likeness (QED) is 0.787. The van der Waals surface area contributed by atoms with Gasteiger partial charge in [0.1, 0.15) is 0 Å². The van der Waals surface area contributed by atoms with E-state index in [1.165, 1.54) is 25.7 Å². The van der Waals surface area contributed by atoms with Crippen LogP contribution in [0.1, 0.15) is 52.4 Å². The third-order valence-electron chi connectivity index (χ3n) is 5.13. The molecule has 4 heteroatoms. The standard InChI is InChI=1S/C16H30N2O2/c1-16(2,13-6-4-5-7-13)11-17-15(20)18(3)10-14(19)12-8-9-12/h12-14,19H,4-11H2,1-3H3,(H,17,20). The molecule has 2 saturated carbocycles. The van der Waals surface area contributed by atoms with Crippen LogP contribution in [0.3, 0.4) is 0 Å². The van der Waals surface area contributed by atoms with E-state index in [-0.39, 0.29) is 17.6 Å². The molecule has 0 aliphatic heterocycles. The van der Waals surface area contributed by atoms with Crippen LogP contribution in [-0.4, -0.2) is 42.3 Å². The highest BCUT2D eigenvalue weighted by Gasteiger charge is 2.33. The van der Waals surface area contributed by atoms with Gasteiger partial charge in [0.25, 0.3) is 0 Å². The van der Waals surface area contributed by atoms with Gasteiger partial charge >= 0.3 is 6.03 Å². The van der Waals surface area contributed by atoms with Gasteiger partial charge in [-0.25, -0.2) is 4.79 Å². The number of hydrogen-bond donors (Lipinski definition) is 2. The van der Waals surface area contributed by atoms with Crippen molar-refractivity contribution in [2.24, 2.45) is 17.3 Å². The number of amides is 2. The van der Waals surface area contributed by atoms with Crippen LogP contribution in [0.4, 0.5) is 4.79 Å². The van der Waals surface area contributed by atoms with Crippen molar-refractivity contribution >= 4 is 6.03 Å². The van der Waals surface area contributed by atoms with E-state index in [0.717, 1.165) is 25.3 Å². The Morgan fingerprint density at radius 1 is 1.30 bits per heavy atom. The van der Waals surface area contributed by atoms with E-state index in [0.29, 0.717) is 12.5 Å². The normalized spacial score (nSPS) is 21.8. The van der Waals surface area contributed by atoms with Gasteiger partial charge in [-0.3, -0.25) is 0 Å². The highest BCUT2D eigenvalue weighted by molar-refractivity contribution is 5.73. The second-order valence-electron chi connectivity index (χ2n) is 7.41. The Morgan fingerprint density at radius 3 is 2.45 bits per heavy atom. The van der Waals surface area contributed by atoms with Crippen LogP contribution in [-0.2, 0) is 0 Å². The van der Waals surface area contributed by atoms with Crippen molar-refractivity contribution < 1.29 is 9.90 Å². The Hall–Kier alpha value is -0.770. The monoisotopic (exact) mass is 282 g/mol. The smallest absolute Gasteiger partial charge is 0.317 e. The molecule has 116 valence electrons. The summed E-state index contributed by atoms with van der Waals surface area (Å²) >= 11 is 0. The molecule has 2 amide bonds. The third-order valence-corrected chi connectivity index (χ3v) is 5.13. The maximum absolute atomic E-state index is 12.1. The minimum atomic E-state index is -0.353. The number of likely N-dealkylation sites (N-methyl/N-ethyl adjacent to an activating group) is 1. The lowest BCUT2D eigenvalue weighted by Crippen LogP contribution is -2.46. The predicted octanol–water partition coefficient (Wildman–Crippen LogP) is 2.62. The molecule has 2 aliphatic rings. The minimum Gasteiger partial charge on any atom is -0.391 e. The molecule has 0 aromatic carbocycles. The summed E-state index contributed by atoms with van der Waals surface area (Å²) in [6.45, 7) is 5.67. The largest absolute Gasteiger partial charge is 0.391 e. The highest BCUT2D eigenvalue weighted by Crippen LogP contribution is 2.39. The summed E-state index contributed by atoms with van der Waals surface area (Å²) < 4.78 is 0. The Morgan fingerprint density at radius 2 is 1.90 bits per heavy atom. The van der Waals surface area contributed by atoms with Gasteiger partial charge in [0.05, 0.1) is 6.10 Å². The van der Waals surface area contributed by atoms with Crippen LogP contribution in [0.5, 0.6) is 0 Å². The topological polar surface area (TPSA) is 52.6 Å². The molecule has 0 saturated heterocycles. The fraction of sp³-hybridized carbons (Fsp3) is 0.938. The van der Waals surface area contributed by atoms with Crippen molar-refractivity contribution in [1.29, 1.82) is 0 Å². The number of carbonyl (C=O) groups excluding carboxylic acids is 1. The van der Waals surface area contributed by atoms with Crippen LogP contribution in [0.25, 0.3) is 0 Å². The number of nitrogens with zero attached hydrogens (tertiary/aromatic N) is 1. The molecule has 0 radical (unpaired) electrons. The Labute approximate surface area is 122 Å². The summed E-state index contributed by atoms with van der Waals surface area (Å²) in [6.07, 6.45) is 7.09. The van der Waals surface area contributed by atoms with E-state index in [9.17, 15) is 9.90 Å². The molecule has 1 unspecified atom stereocenters. The van der Waals surface area contributed by atoms with Crippen molar-refractivity contribution in [2.75, 3.05) is 20.1 Å². The van der Waals surface area contributed by atoms with E-state index in [4.69, 9.17) is 0 Å². The van der Waals surface area contributed by atoms with E-state index in [1.54, 1.807) is 11.9 Å². The zero-order valence-corrected chi connectivity index (χ0v) is 13.2. The van der Waals surface area contributed by atoms with E-state index in [2.05, 4.69) is 19.2 Å². The summed E-state index contributed by atoms with van der Waals surface area (Å²) in [5, 5.41) is 12.9. The molecule has 2 rings (SSSR count). The molecular weight excluding hydrogens is 252 g/mol. The lowest BCUT2D eigenvalue weighted by atomic mass is 9.78. The average Bonchev–Trinajstić information content (AvgIpc) is 3.10. The molecule has 2 fully saturated rings. The van der Waals surface area contributed by atoms with E-state index < -0.39 is 0 Å². The van der Waals surface area contributed by atoms with E-state index in [1.807, 2.05) is 0 Å². The molecular formula is C16H30N2O2. The molecule has 0 aromatic rings. The second-order valence-corrected chi connectivity index (χ2v) is 7.41. The number of nitrogens with one attached hydrogen (secondary N) is 1. The van der Waals surface area contributed by atoms with Crippen LogP contribution in [0.15, 0.2) is 0 Å². The van der Waals surface area contributed by atoms with E-state index >= 15 is 0 Å². The Balaban J connectivity index is 1.72. The Kier molecular flexibility index (Phi) is 4.95. The number of rotatable bonds is 6. The molecule has 20 heavy (non-hydrogen) atoms. The number of aliphatic hydroxyl groups is 1. The van der Waals surface area contributed by atoms with Crippen molar-refractivity contribution in [1.82, 2.24) is 10.2 Å². The highest BCUT2D eigenvalue weighted by atomic mass is 16.3. The summed E-state index contributed by atoms with van der Waals surface area (Å²) in [5.74, 6) is 1.14. The second kappa shape index (κ2) is 6.33. The maximum Gasteiger partial charge on any atom is 0.317 e. The molecule has 2 N–H and O–H groups in total. The lowest BCUT2D eigenvalue weighted by molar-refractivity contribution is 0.111. The molecule has 0 aromatic heterocycles. The summed E-state index contributed by atoms with van der Waals surface area (Å²) in [5.41, 5.74) is 0.169. The van der Waals surface area contributed by atoms with Gasteiger partial charge in [-0.05, 0) is 42.9 Å². The molecule has 0 bridgehead atoms. The molecule has 1 atom stereocenters. The van der Waals surface area contributed by atoms with Crippen LogP contribution < -0.4 is 5.32 Å². The fourth-order valence-corrected chi connectivity index (χ4v) is 3.28. The van der Waals surface area contributed by atoms with Crippen molar-refractivity contribution in [3.05, 3.63) is 0 Å². The molecule has 0 spiro atoms. The molecule has 2 aliphatic carbocycles. The van der Waals surface area contributed by atoms with Gasteiger partial charge in [0.2, 0.25) is 0 Å². The summed E-state index contributed by atoms with van der Waals surface area (Å²) in [6, 6.07) is -0.0595. The molecule has 4 nitrogen and oxygen atoms in total. The molecule has 0 heterocycles. The zero-order chi connectivity index (χ0) is 14.8. The average molecular weight is 282 g/mol. The summed E-state index contributed by atoms with van der Waals surface area (Å²) in [7, 11) is 1.77. The van der Waals surface area contributed by atoms with Gasteiger partial charge in [0.15, 0.2) is 0 Å². The zero-order valence-electron chi connectivity index (χ0n) is 13.2. The SMILES string of the molecule is CN(CC(O)C1CC1)C(=O)NCC(C)(C)C1CCCC1. The van der Waals surface area contributed by atoms with Crippen LogP contribution >= 0.6 is 0 Å². The number of aliphatic hydroxyl groups excluding tert-OH is 1. The summed E-state index contributed by atoms with van der Waals surface area (Å²) in [4.78, 5) is 13.7. The maximum atomic E-state index is 12.1. The first-order valence-electron chi connectivity index (χ1n) is 8.07. The predicted molar refractivity (Wildman–Crippen MR) is 80.5 cm³/mol. The van der Waals surface area contributed by atoms with Gasteiger partial charge in [-0.2, -0.15) is 0 Å². The third kappa shape index (κ3) is 4.11. The number of carbonyl (C=O) groups is 1. The van der Waals surface area contributed by atoms with Crippen molar-refractivity contribution in [3.63, 3.8) is 0 Å². The first kappa shape index (κ1) is 15.6. The van der Waals surface area contributed by atoms with Gasteiger partial charge in [-0.1, -0.05) is 26.7 Å². The minimum absolute atomic E-state index is 0.0595. The van der Waals surface area contributed by atoms with Crippen LogP contribution in [0.2, 0.25) is 0 Å². The van der Waals surface area contributed by atoms with Gasteiger partial charge in [0, 0.05) is 20.1 Å². The first-order valence-corrected chi connectivity index (χ1v) is 8.07. The number of hydrogen-bond acceptors (Lipinski definition) is 2. The van der Waals surface area contributed by atoms with Crippen molar-refractivity contribution in [2.45, 2.75) is 58.5 Å². The number of urea groups is 1. The van der Waals surface area contributed by atoms with Crippen LogP contribution in [0, 0.1) is 17.3 Å². The lowest BCUT2D eigenvalue weighted by Gasteiger charge is -2.32.